The smallest absolute Gasteiger partial charge is 0.326 e. The summed E-state index contributed by atoms with van der Waals surface area (Å²) in [6.07, 6.45) is -3.13. The number of benzene rings is 1. The van der Waals surface area contributed by atoms with Gasteiger partial charge in [0.2, 0.25) is 47.3 Å². The first-order chi connectivity index (χ1) is 28.7. The van der Waals surface area contributed by atoms with E-state index in [0.29, 0.717) is 24.8 Å². The van der Waals surface area contributed by atoms with Crippen LogP contribution in [0.15, 0.2) is 30.3 Å². The lowest BCUT2D eigenvalue weighted by molar-refractivity contribution is -0.143. The molecule has 17 N–H and O–H groups in total. The number of carbonyl (C=O) groups is 9. The molecule has 23 heteroatoms. The van der Waals surface area contributed by atoms with E-state index in [1.807, 2.05) is 0 Å². The lowest BCUT2D eigenvalue weighted by Crippen LogP contribution is -2.63. The highest BCUT2D eigenvalue weighted by atomic mass is 16.4. The summed E-state index contributed by atoms with van der Waals surface area (Å²) in [7, 11) is 0. The summed E-state index contributed by atoms with van der Waals surface area (Å²) in [5.41, 5.74) is 16.8. The normalized spacial score (nSPS) is 16.0. The Kier molecular flexibility index (Phi) is 23.7. The summed E-state index contributed by atoms with van der Waals surface area (Å²) in [6.45, 7) is 4.65. The number of carbonyl (C=O) groups excluding carboxylic acids is 8. The van der Waals surface area contributed by atoms with Gasteiger partial charge in [-0.05, 0) is 51.1 Å². The lowest BCUT2D eigenvalue weighted by atomic mass is 9.97. The van der Waals surface area contributed by atoms with Crippen LogP contribution in [0.5, 0.6) is 0 Å². The molecule has 1 rings (SSSR count). The topological polar surface area (TPSA) is 397 Å². The average Bonchev–Trinajstić information content (AvgIpc) is 3.20. The molecule has 0 aromatic heterocycles. The summed E-state index contributed by atoms with van der Waals surface area (Å²) in [6, 6.07) is -2.50. The molecule has 23 nitrogen and oxygen atoms in total. The van der Waals surface area contributed by atoms with Crippen LogP contribution in [0.1, 0.15) is 65.4 Å². The van der Waals surface area contributed by atoms with Crippen molar-refractivity contribution in [3.63, 3.8) is 0 Å². The SMILES string of the molecule is CC[C@H](C)[C@H](NC(=O)CNC(=O)[C@@H](N)CO)C(=O)N[C@@H](Cc1ccccc1)C(=O)N[C@H](C(=O)N[C@@H](CC(N)=O)C(=O)N[C@H](C(=O)N[C@@H](CCCCN)C(=O)O)[C@@H](C)O)[C@@H](C)O. The van der Waals surface area contributed by atoms with E-state index >= 15 is 0 Å². The first-order valence-electron chi connectivity index (χ1n) is 19.7. The van der Waals surface area contributed by atoms with Gasteiger partial charge < -0.3 is 74.8 Å². The number of aliphatic hydroxyl groups is 3. The van der Waals surface area contributed by atoms with E-state index in [2.05, 4.69) is 37.2 Å². The van der Waals surface area contributed by atoms with Gasteiger partial charge in [-0.15, -0.1) is 0 Å². The van der Waals surface area contributed by atoms with Crippen molar-refractivity contribution in [3.05, 3.63) is 35.9 Å². The van der Waals surface area contributed by atoms with Crippen molar-refractivity contribution in [1.29, 1.82) is 0 Å². The van der Waals surface area contributed by atoms with Gasteiger partial charge in [0.05, 0.1) is 31.8 Å². The monoisotopic (exact) mass is 866 g/mol. The Morgan fingerprint density at radius 2 is 1.18 bits per heavy atom. The van der Waals surface area contributed by atoms with Crippen LogP contribution in [-0.4, -0.2) is 148 Å². The van der Waals surface area contributed by atoms with E-state index in [4.69, 9.17) is 22.3 Å². The molecule has 0 radical (unpaired) electrons. The van der Waals surface area contributed by atoms with Gasteiger partial charge >= 0.3 is 5.97 Å². The third-order valence-electron chi connectivity index (χ3n) is 9.41. The number of aliphatic hydroxyl groups excluding tert-OH is 3. The van der Waals surface area contributed by atoms with E-state index < -0.39 is 133 Å². The Morgan fingerprint density at radius 3 is 1.66 bits per heavy atom. The Hall–Kier alpha value is -5.75. The van der Waals surface area contributed by atoms with Crippen molar-refractivity contribution in [3.8, 4) is 0 Å². The van der Waals surface area contributed by atoms with Crippen molar-refractivity contribution >= 4 is 53.2 Å². The molecule has 0 aliphatic carbocycles. The largest absolute Gasteiger partial charge is 0.480 e. The highest BCUT2D eigenvalue weighted by Gasteiger charge is 2.37. The molecule has 342 valence electrons. The van der Waals surface area contributed by atoms with Crippen LogP contribution in [0.25, 0.3) is 0 Å². The molecule has 10 atom stereocenters. The molecule has 0 fully saturated rings. The van der Waals surface area contributed by atoms with Crippen LogP contribution in [-0.2, 0) is 49.6 Å². The Labute approximate surface area is 353 Å². The zero-order valence-corrected chi connectivity index (χ0v) is 34.7. The molecule has 8 amide bonds. The molecule has 61 heavy (non-hydrogen) atoms. The highest BCUT2D eigenvalue weighted by molar-refractivity contribution is 5.98. The van der Waals surface area contributed by atoms with Gasteiger partial charge in [0.15, 0.2) is 0 Å². The molecule has 1 aromatic carbocycles. The first kappa shape index (κ1) is 53.3. The number of hydrogen-bond acceptors (Lipinski definition) is 14. The molecule has 1 aromatic rings. The summed E-state index contributed by atoms with van der Waals surface area (Å²) in [5.74, 6) is -9.96. The number of rotatable bonds is 28. The molecule has 0 spiro atoms. The minimum atomic E-state index is -1.85. The molecule has 0 heterocycles. The summed E-state index contributed by atoms with van der Waals surface area (Å²) < 4.78 is 0. The van der Waals surface area contributed by atoms with Crippen molar-refractivity contribution in [2.75, 3.05) is 19.7 Å². The number of carboxylic acid groups (broad SMARTS) is 1. The lowest BCUT2D eigenvalue weighted by Gasteiger charge is -2.29. The van der Waals surface area contributed by atoms with Gasteiger partial charge in [-0.1, -0.05) is 50.6 Å². The fourth-order valence-corrected chi connectivity index (χ4v) is 5.63. The van der Waals surface area contributed by atoms with Crippen molar-refractivity contribution < 1.29 is 63.6 Å². The number of nitrogens with one attached hydrogen (secondary N) is 7. The van der Waals surface area contributed by atoms with Crippen molar-refractivity contribution in [1.82, 2.24) is 37.2 Å². The Morgan fingerprint density at radius 1 is 0.672 bits per heavy atom. The predicted octanol–water partition coefficient (Wildman–Crippen LogP) is -5.53. The molecule has 0 saturated heterocycles. The summed E-state index contributed by atoms with van der Waals surface area (Å²) in [4.78, 5) is 116. The Balaban J connectivity index is 3.34. The number of nitrogens with two attached hydrogens (primary N) is 3. The van der Waals surface area contributed by atoms with Crippen molar-refractivity contribution in [2.24, 2.45) is 23.1 Å². The highest BCUT2D eigenvalue weighted by Crippen LogP contribution is 2.11. The van der Waals surface area contributed by atoms with Gasteiger partial charge in [-0.3, -0.25) is 38.4 Å². The summed E-state index contributed by atoms with van der Waals surface area (Å²) in [5, 5.41) is 55.9. The van der Waals surface area contributed by atoms with Crippen LogP contribution in [0.3, 0.4) is 0 Å². The first-order valence-corrected chi connectivity index (χ1v) is 19.7. The number of unbranched alkanes of at least 4 members (excludes halogenated alkanes) is 1. The van der Waals surface area contributed by atoms with Gasteiger partial charge in [0.25, 0.3) is 0 Å². The molecule has 0 unspecified atom stereocenters. The average molecular weight is 867 g/mol. The third-order valence-corrected chi connectivity index (χ3v) is 9.41. The number of primary amides is 1. The van der Waals surface area contributed by atoms with E-state index in [1.165, 1.54) is 0 Å². The standard InChI is InChI=1S/C38H62N10O13/c1-5-19(2)29(46-28(53)17-42-32(54)23(40)18-49)35(57)44-25(15-22-11-7-6-8-12-22)33(55)47-31(21(4)51)37(59)45-26(16-27(41)52)34(56)48-30(20(3)50)36(58)43-24(38(60)61)13-9-10-14-39/h6-8,11-12,19-21,23-26,29-31,49-51H,5,9-10,13-18,39-40H2,1-4H3,(H2,41,52)(H,42,54)(H,43,58)(H,44,57)(H,45,59)(H,46,53)(H,47,55)(H,48,56)(H,60,61)/t19-,20+,21+,23-,24-,25-,26-,29-,30-,31-/m0/s1. The maximum atomic E-state index is 13.9. The van der Waals surface area contributed by atoms with Gasteiger partial charge in [-0.2, -0.15) is 0 Å². The maximum absolute atomic E-state index is 13.9. The van der Waals surface area contributed by atoms with Gasteiger partial charge in [0, 0.05) is 6.42 Å². The van der Waals surface area contributed by atoms with Crippen LogP contribution < -0.4 is 54.4 Å². The molecule has 0 bridgehead atoms. The molecule has 0 aliphatic heterocycles. The molecule has 0 saturated carbocycles. The third kappa shape index (κ3) is 19.0. The number of carboxylic acids is 1. The minimum absolute atomic E-state index is 0.0139. The van der Waals surface area contributed by atoms with E-state index in [9.17, 15) is 58.5 Å². The number of amides is 8. The molecular weight excluding hydrogens is 804 g/mol. The summed E-state index contributed by atoms with van der Waals surface area (Å²) >= 11 is 0. The number of aliphatic carboxylic acids is 1. The van der Waals surface area contributed by atoms with Crippen LogP contribution >= 0.6 is 0 Å². The van der Waals surface area contributed by atoms with Gasteiger partial charge in [-0.25, -0.2) is 4.79 Å². The van der Waals surface area contributed by atoms with E-state index in [1.54, 1.807) is 44.2 Å². The van der Waals surface area contributed by atoms with Crippen LogP contribution in [0, 0.1) is 5.92 Å². The fourth-order valence-electron chi connectivity index (χ4n) is 5.63. The maximum Gasteiger partial charge on any atom is 0.326 e. The second kappa shape index (κ2) is 27.2. The zero-order valence-electron chi connectivity index (χ0n) is 34.7. The van der Waals surface area contributed by atoms with Crippen LogP contribution in [0.4, 0.5) is 0 Å². The fraction of sp³-hybridized carbons (Fsp3) is 0.605. The van der Waals surface area contributed by atoms with Crippen molar-refractivity contribution in [2.45, 2.75) is 121 Å². The minimum Gasteiger partial charge on any atom is -0.480 e. The second-order valence-corrected chi connectivity index (χ2v) is 14.6. The molecular formula is C38H62N10O13. The quantitative estimate of drug-likeness (QED) is 0.0350. The van der Waals surface area contributed by atoms with Crippen LogP contribution in [0.2, 0.25) is 0 Å². The van der Waals surface area contributed by atoms with E-state index in [0.717, 1.165) is 13.8 Å². The van der Waals surface area contributed by atoms with E-state index in [-0.39, 0.29) is 19.4 Å². The molecule has 0 aliphatic rings. The van der Waals surface area contributed by atoms with Gasteiger partial charge in [0.1, 0.15) is 42.3 Å². The second-order valence-electron chi connectivity index (χ2n) is 14.6. The zero-order chi connectivity index (χ0) is 46.4. The number of hydrogen-bond donors (Lipinski definition) is 14. The Bertz CT molecular complexity index is 1650. The predicted molar refractivity (Wildman–Crippen MR) is 217 cm³/mol.